The minimum atomic E-state index is -0.617. The molecule has 0 radical (unpaired) electrons. The van der Waals surface area contributed by atoms with Crippen molar-refractivity contribution in [2.75, 3.05) is 0 Å². The van der Waals surface area contributed by atoms with E-state index in [1.165, 1.54) is 0 Å². The third-order valence-corrected chi connectivity index (χ3v) is 3.70. The van der Waals surface area contributed by atoms with Crippen LogP contribution in [0.5, 0.6) is 0 Å². The molecule has 2 unspecified atom stereocenters. The van der Waals surface area contributed by atoms with E-state index in [0.717, 1.165) is 16.8 Å². The van der Waals surface area contributed by atoms with Gasteiger partial charge in [0, 0.05) is 23.9 Å². The average molecular weight is 225 g/mol. The Labute approximate surface area is 98.4 Å². The number of nitrogens with one attached hydrogen (secondary N) is 1. The van der Waals surface area contributed by atoms with Crippen LogP contribution in [-0.2, 0) is 11.2 Å². The normalized spacial score (nSPS) is 29.6. The van der Waals surface area contributed by atoms with E-state index in [1.807, 2.05) is 42.6 Å². The summed E-state index contributed by atoms with van der Waals surface area (Å²) in [5, 5.41) is 0. The topological polar surface area (TPSA) is 45.4 Å². The molecule has 84 valence electrons. The SMILES string of the molecule is O=C1c2ccccc2CC12OC2c1ccc[nH]1. The first-order chi connectivity index (χ1) is 8.31. The summed E-state index contributed by atoms with van der Waals surface area (Å²) in [6.45, 7) is 0. The summed E-state index contributed by atoms with van der Waals surface area (Å²) < 4.78 is 5.72. The first kappa shape index (κ1) is 9.19. The number of benzene rings is 1. The lowest BCUT2D eigenvalue weighted by Crippen LogP contribution is -2.20. The van der Waals surface area contributed by atoms with Crippen LogP contribution in [0.2, 0.25) is 0 Å². The van der Waals surface area contributed by atoms with Gasteiger partial charge in [0.25, 0.3) is 0 Å². The van der Waals surface area contributed by atoms with Crippen molar-refractivity contribution in [3.05, 3.63) is 59.4 Å². The van der Waals surface area contributed by atoms with Crippen molar-refractivity contribution in [1.29, 1.82) is 0 Å². The van der Waals surface area contributed by atoms with E-state index >= 15 is 0 Å². The molecule has 1 spiro atoms. The van der Waals surface area contributed by atoms with Crippen LogP contribution in [0, 0.1) is 0 Å². The second-order valence-electron chi connectivity index (χ2n) is 4.68. The lowest BCUT2D eigenvalue weighted by Gasteiger charge is -1.99. The highest BCUT2D eigenvalue weighted by molar-refractivity contribution is 6.09. The van der Waals surface area contributed by atoms with Gasteiger partial charge in [0.2, 0.25) is 0 Å². The standard InChI is InChI=1S/C14H11NO2/c16-12-10-5-2-1-4-9(10)8-14(12)13(17-14)11-6-3-7-15-11/h1-7,13,15H,8H2. The Morgan fingerprint density at radius 3 is 2.88 bits per heavy atom. The molecule has 3 heteroatoms. The van der Waals surface area contributed by atoms with Gasteiger partial charge in [-0.25, -0.2) is 0 Å². The minimum absolute atomic E-state index is 0.0996. The molecule has 1 aromatic carbocycles. The molecule has 0 amide bonds. The Morgan fingerprint density at radius 1 is 1.24 bits per heavy atom. The van der Waals surface area contributed by atoms with Gasteiger partial charge >= 0.3 is 0 Å². The Hall–Kier alpha value is -1.87. The Kier molecular flexibility index (Phi) is 1.55. The van der Waals surface area contributed by atoms with E-state index in [0.29, 0.717) is 6.42 Å². The largest absolute Gasteiger partial charge is 0.363 e. The van der Waals surface area contributed by atoms with E-state index in [4.69, 9.17) is 4.74 Å². The number of aromatic amines is 1. The van der Waals surface area contributed by atoms with E-state index in [9.17, 15) is 4.79 Å². The number of fused-ring (bicyclic) bond motifs is 1. The van der Waals surface area contributed by atoms with Crippen LogP contribution >= 0.6 is 0 Å². The number of Topliss-reactive ketones (excluding diaryl/α,β-unsaturated/α-hetero) is 1. The van der Waals surface area contributed by atoms with Crippen molar-refractivity contribution in [3.63, 3.8) is 0 Å². The summed E-state index contributed by atoms with van der Waals surface area (Å²) in [5.41, 5.74) is 2.30. The Balaban J connectivity index is 1.75. The highest BCUT2D eigenvalue weighted by Crippen LogP contribution is 2.56. The predicted octanol–water partition coefficient (Wildman–Crippen LogP) is 2.26. The summed E-state index contributed by atoms with van der Waals surface area (Å²) >= 11 is 0. The molecule has 1 aromatic heterocycles. The monoisotopic (exact) mass is 225 g/mol. The van der Waals surface area contributed by atoms with Crippen LogP contribution in [0.1, 0.15) is 27.7 Å². The third kappa shape index (κ3) is 1.07. The summed E-state index contributed by atoms with van der Waals surface area (Å²) in [6.07, 6.45) is 2.46. The van der Waals surface area contributed by atoms with Crippen LogP contribution in [0.25, 0.3) is 0 Å². The highest BCUT2D eigenvalue weighted by atomic mass is 16.6. The highest BCUT2D eigenvalue weighted by Gasteiger charge is 2.66. The van der Waals surface area contributed by atoms with E-state index in [-0.39, 0.29) is 11.9 Å². The first-order valence-corrected chi connectivity index (χ1v) is 5.75. The average Bonchev–Trinajstić information content (AvgIpc) is 2.76. The minimum Gasteiger partial charge on any atom is -0.363 e. The van der Waals surface area contributed by atoms with E-state index in [1.54, 1.807) is 0 Å². The smallest absolute Gasteiger partial charge is 0.198 e. The number of hydrogen-bond acceptors (Lipinski definition) is 2. The molecule has 0 bridgehead atoms. The zero-order valence-electron chi connectivity index (χ0n) is 9.14. The van der Waals surface area contributed by atoms with Crippen molar-refractivity contribution in [2.45, 2.75) is 18.1 Å². The van der Waals surface area contributed by atoms with Crippen molar-refractivity contribution in [1.82, 2.24) is 4.98 Å². The Morgan fingerprint density at radius 2 is 2.12 bits per heavy atom. The molecular formula is C14H11NO2. The molecule has 2 aromatic rings. The van der Waals surface area contributed by atoms with Crippen LogP contribution in [-0.4, -0.2) is 16.4 Å². The number of ketones is 1. The molecule has 2 aliphatic rings. The van der Waals surface area contributed by atoms with Gasteiger partial charge in [0.15, 0.2) is 11.4 Å². The zero-order valence-corrected chi connectivity index (χ0v) is 9.14. The molecule has 1 N–H and O–H groups in total. The fourth-order valence-corrected chi connectivity index (χ4v) is 2.79. The van der Waals surface area contributed by atoms with Crippen molar-refractivity contribution in [3.8, 4) is 0 Å². The van der Waals surface area contributed by atoms with Gasteiger partial charge < -0.3 is 9.72 Å². The fraction of sp³-hybridized carbons (Fsp3) is 0.214. The van der Waals surface area contributed by atoms with Crippen LogP contribution in [0.4, 0.5) is 0 Å². The maximum atomic E-state index is 12.3. The second kappa shape index (κ2) is 2.87. The number of rotatable bonds is 1. The lowest BCUT2D eigenvalue weighted by atomic mass is 9.99. The zero-order chi connectivity index (χ0) is 11.5. The maximum absolute atomic E-state index is 12.3. The van der Waals surface area contributed by atoms with Crippen LogP contribution in [0.3, 0.4) is 0 Å². The lowest BCUT2D eigenvalue weighted by molar-refractivity contribution is 0.0894. The van der Waals surface area contributed by atoms with Gasteiger partial charge in [-0.15, -0.1) is 0 Å². The van der Waals surface area contributed by atoms with Crippen LogP contribution in [0.15, 0.2) is 42.6 Å². The molecule has 17 heavy (non-hydrogen) atoms. The summed E-state index contributed by atoms with van der Waals surface area (Å²) in [6, 6.07) is 11.7. The van der Waals surface area contributed by atoms with Crippen molar-refractivity contribution >= 4 is 5.78 Å². The molecule has 3 nitrogen and oxygen atoms in total. The summed E-state index contributed by atoms with van der Waals surface area (Å²) in [5.74, 6) is 0.132. The number of H-pyrrole nitrogens is 1. The quantitative estimate of drug-likeness (QED) is 0.757. The summed E-state index contributed by atoms with van der Waals surface area (Å²) in [4.78, 5) is 15.5. The number of aromatic nitrogens is 1. The van der Waals surface area contributed by atoms with E-state index < -0.39 is 5.60 Å². The molecule has 2 heterocycles. The van der Waals surface area contributed by atoms with Gasteiger partial charge in [-0.05, 0) is 17.7 Å². The van der Waals surface area contributed by atoms with Crippen molar-refractivity contribution in [2.24, 2.45) is 0 Å². The number of carbonyl (C=O) groups is 1. The number of epoxide rings is 1. The predicted molar refractivity (Wildman–Crippen MR) is 61.8 cm³/mol. The Bertz CT molecular complexity index is 602. The maximum Gasteiger partial charge on any atom is 0.198 e. The van der Waals surface area contributed by atoms with Gasteiger partial charge in [-0.2, -0.15) is 0 Å². The number of carbonyl (C=O) groups excluding carboxylic acids is 1. The van der Waals surface area contributed by atoms with Crippen molar-refractivity contribution < 1.29 is 9.53 Å². The number of ether oxygens (including phenoxy) is 1. The van der Waals surface area contributed by atoms with Gasteiger partial charge in [0.05, 0.1) is 0 Å². The molecule has 1 aliphatic heterocycles. The third-order valence-electron chi connectivity index (χ3n) is 3.70. The molecule has 4 rings (SSSR count). The van der Waals surface area contributed by atoms with Gasteiger partial charge in [0.1, 0.15) is 6.10 Å². The second-order valence-corrected chi connectivity index (χ2v) is 4.68. The molecule has 1 fully saturated rings. The molecular weight excluding hydrogens is 214 g/mol. The number of hydrogen-bond donors (Lipinski definition) is 1. The molecule has 1 saturated heterocycles. The molecule has 0 saturated carbocycles. The first-order valence-electron chi connectivity index (χ1n) is 5.75. The van der Waals surface area contributed by atoms with Gasteiger partial charge in [-0.1, -0.05) is 24.3 Å². The summed E-state index contributed by atoms with van der Waals surface area (Å²) in [7, 11) is 0. The molecule has 2 atom stereocenters. The fourth-order valence-electron chi connectivity index (χ4n) is 2.79. The van der Waals surface area contributed by atoms with E-state index in [2.05, 4.69) is 4.98 Å². The van der Waals surface area contributed by atoms with Crippen LogP contribution < -0.4 is 0 Å². The van der Waals surface area contributed by atoms with Gasteiger partial charge in [-0.3, -0.25) is 4.79 Å². The molecule has 1 aliphatic carbocycles.